The van der Waals surface area contributed by atoms with Gasteiger partial charge in [-0.05, 0) is 12.1 Å². The summed E-state index contributed by atoms with van der Waals surface area (Å²) in [6.07, 6.45) is 4.02. The normalized spacial score (nSPS) is 16.0. The van der Waals surface area contributed by atoms with Crippen molar-refractivity contribution in [1.29, 1.82) is 0 Å². The van der Waals surface area contributed by atoms with Gasteiger partial charge in [0.15, 0.2) is 5.82 Å². The molecule has 0 amide bonds. The van der Waals surface area contributed by atoms with Crippen LogP contribution in [0.15, 0.2) is 42.9 Å². The average Bonchev–Trinajstić information content (AvgIpc) is 3.18. The van der Waals surface area contributed by atoms with E-state index in [1.54, 1.807) is 11.0 Å². The molecule has 3 heterocycles. The van der Waals surface area contributed by atoms with Gasteiger partial charge in [-0.2, -0.15) is 5.10 Å². The van der Waals surface area contributed by atoms with Crippen molar-refractivity contribution in [3.63, 3.8) is 0 Å². The summed E-state index contributed by atoms with van der Waals surface area (Å²) in [5.74, 6) is -3.11. The van der Waals surface area contributed by atoms with Crippen LogP contribution in [0.3, 0.4) is 0 Å². The van der Waals surface area contributed by atoms with Crippen LogP contribution in [0.25, 0.3) is 16.9 Å². The van der Waals surface area contributed by atoms with Gasteiger partial charge in [0.25, 0.3) is 11.6 Å². The first-order chi connectivity index (χ1) is 13.8. The van der Waals surface area contributed by atoms with Gasteiger partial charge in [-0.1, -0.05) is 0 Å². The summed E-state index contributed by atoms with van der Waals surface area (Å²) < 4.78 is 42.2. The molecule has 3 aromatic rings. The third-order valence-corrected chi connectivity index (χ3v) is 4.69. The molecule has 1 fully saturated rings. The molecule has 0 bridgehead atoms. The maximum Gasteiger partial charge on any atom is 0.272 e. The highest BCUT2D eigenvalue weighted by atomic mass is 19.3. The van der Waals surface area contributed by atoms with Gasteiger partial charge in [0.05, 0.1) is 22.9 Å². The van der Waals surface area contributed by atoms with Crippen molar-refractivity contribution in [1.82, 2.24) is 19.7 Å². The van der Waals surface area contributed by atoms with E-state index in [2.05, 4.69) is 15.1 Å². The van der Waals surface area contributed by atoms with Crippen molar-refractivity contribution in [3.05, 3.63) is 58.8 Å². The summed E-state index contributed by atoms with van der Waals surface area (Å²) in [7, 11) is 0. The van der Waals surface area contributed by atoms with Crippen LogP contribution < -0.4 is 4.90 Å². The number of non-ortho nitro benzene ring substituents is 1. The first kappa shape index (κ1) is 18.8. The highest BCUT2D eigenvalue weighted by Crippen LogP contribution is 2.30. The van der Waals surface area contributed by atoms with E-state index in [0.717, 1.165) is 6.07 Å². The monoisotopic (exact) mass is 404 g/mol. The molecule has 29 heavy (non-hydrogen) atoms. The third-order valence-electron chi connectivity index (χ3n) is 4.69. The summed E-state index contributed by atoms with van der Waals surface area (Å²) >= 11 is 0. The van der Waals surface area contributed by atoms with Crippen LogP contribution in [0.5, 0.6) is 0 Å². The van der Waals surface area contributed by atoms with Crippen molar-refractivity contribution in [2.75, 3.05) is 18.0 Å². The molecule has 0 saturated carbocycles. The van der Waals surface area contributed by atoms with Gasteiger partial charge in [0, 0.05) is 50.0 Å². The molecule has 0 aliphatic carbocycles. The number of alkyl halides is 2. The molecule has 0 radical (unpaired) electrons. The molecule has 11 heteroatoms. The van der Waals surface area contributed by atoms with Gasteiger partial charge in [-0.15, -0.1) is 0 Å². The molecular weight excluding hydrogens is 389 g/mol. The van der Waals surface area contributed by atoms with Crippen molar-refractivity contribution in [2.24, 2.45) is 0 Å². The summed E-state index contributed by atoms with van der Waals surface area (Å²) in [5, 5.41) is 14.8. The average molecular weight is 404 g/mol. The number of hydrogen-bond donors (Lipinski definition) is 0. The van der Waals surface area contributed by atoms with Crippen LogP contribution in [-0.2, 0) is 0 Å². The number of nitrogens with zero attached hydrogens (tertiary/aromatic N) is 6. The lowest BCUT2D eigenvalue weighted by molar-refractivity contribution is -0.385. The summed E-state index contributed by atoms with van der Waals surface area (Å²) in [6.45, 7) is 0.313. The Balaban J connectivity index is 1.58. The molecule has 0 unspecified atom stereocenters. The van der Waals surface area contributed by atoms with E-state index >= 15 is 0 Å². The Kier molecular flexibility index (Phi) is 4.65. The van der Waals surface area contributed by atoms with E-state index in [4.69, 9.17) is 0 Å². The maximum atomic E-state index is 14.2. The zero-order valence-corrected chi connectivity index (χ0v) is 15.0. The van der Waals surface area contributed by atoms with Gasteiger partial charge >= 0.3 is 0 Å². The van der Waals surface area contributed by atoms with Crippen LogP contribution >= 0.6 is 0 Å². The lowest BCUT2D eigenvalue weighted by atomic mass is 10.1. The number of aromatic nitrogens is 4. The van der Waals surface area contributed by atoms with Gasteiger partial charge in [0.1, 0.15) is 5.69 Å². The second kappa shape index (κ2) is 7.15. The SMILES string of the molecule is O=[N+]([O-])c1ccc(-n2cc(-c3ccnc(N4CCC(F)(F)CC4)n3)cn2)c(F)c1. The quantitative estimate of drug-likeness (QED) is 0.487. The van der Waals surface area contributed by atoms with Crippen LogP contribution in [0, 0.1) is 15.9 Å². The van der Waals surface area contributed by atoms with Crippen molar-refractivity contribution in [3.8, 4) is 16.9 Å². The summed E-state index contributed by atoms with van der Waals surface area (Å²) in [6, 6.07) is 4.92. The van der Waals surface area contributed by atoms with Crippen LogP contribution in [0.1, 0.15) is 12.8 Å². The first-order valence-electron chi connectivity index (χ1n) is 8.78. The lowest BCUT2D eigenvalue weighted by Crippen LogP contribution is -2.40. The van der Waals surface area contributed by atoms with Crippen molar-refractivity contribution < 1.29 is 18.1 Å². The van der Waals surface area contributed by atoms with Gasteiger partial charge in [-0.25, -0.2) is 27.8 Å². The standard InChI is InChI=1S/C18H15F3N6O2/c19-14-9-13(27(28)29)1-2-16(14)26-11-12(10-23-26)15-3-6-22-17(24-15)25-7-4-18(20,21)5-8-25/h1-3,6,9-11H,4-5,7-8H2. The zero-order valence-electron chi connectivity index (χ0n) is 15.0. The number of halogens is 3. The molecular formula is C18H15F3N6O2. The topological polar surface area (TPSA) is 90.0 Å². The minimum atomic E-state index is -2.66. The molecule has 2 aromatic heterocycles. The number of rotatable bonds is 4. The van der Waals surface area contributed by atoms with Crippen molar-refractivity contribution in [2.45, 2.75) is 18.8 Å². The Hall–Kier alpha value is -3.50. The van der Waals surface area contributed by atoms with E-state index in [0.29, 0.717) is 17.2 Å². The predicted octanol–water partition coefficient (Wildman–Crippen LogP) is 3.61. The number of nitro groups is 1. The molecule has 1 aliphatic heterocycles. The molecule has 1 saturated heterocycles. The number of piperidine rings is 1. The Morgan fingerprint density at radius 3 is 2.62 bits per heavy atom. The van der Waals surface area contributed by atoms with E-state index in [-0.39, 0.29) is 37.3 Å². The molecule has 0 spiro atoms. The van der Waals surface area contributed by atoms with Crippen LogP contribution in [0.2, 0.25) is 0 Å². The Morgan fingerprint density at radius 2 is 1.93 bits per heavy atom. The first-order valence-corrected chi connectivity index (χ1v) is 8.78. The van der Waals surface area contributed by atoms with Gasteiger partial charge in [0.2, 0.25) is 5.95 Å². The second-order valence-corrected chi connectivity index (χ2v) is 6.65. The number of anilines is 1. The fourth-order valence-corrected chi connectivity index (χ4v) is 3.08. The summed E-state index contributed by atoms with van der Waals surface area (Å²) in [5.41, 5.74) is 0.759. The van der Waals surface area contributed by atoms with E-state index in [1.165, 1.54) is 35.4 Å². The molecule has 8 nitrogen and oxygen atoms in total. The minimum Gasteiger partial charge on any atom is -0.340 e. The van der Waals surface area contributed by atoms with E-state index in [1.807, 2.05) is 0 Å². The number of nitro benzene ring substituents is 1. The Labute approximate surface area is 162 Å². The molecule has 0 atom stereocenters. The molecule has 4 rings (SSSR count). The largest absolute Gasteiger partial charge is 0.340 e. The van der Waals surface area contributed by atoms with Crippen molar-refractivity contribution >= 4 is 11.6 Å². The zero-order chi connectivity index (χ0) is 20.6. The molecule has 1 aliphatic rings. The second-order valence-electron chi connectivity index (χ2n) is 6.65. The fraction of sp³-hybridized carbons (Fsp3) is 0.278. The number of benzene rings is 1. The minimum absolute atomic E-state index is 0.0504. The highest BCUT2D eigenvalue weighted by molar-refractivity contribution is 5.59. The predicted molar refractivity (Wildman–Crippen MR) is 97.6 cm³/mol. The Morgan fingerprint density at radius 1 is 1.17 bits per heavy atom. The van der Waals surface area contributed by atoms with E-state index in [9.17, 15) is 23.3 Å². The third kappa shape index (κ3) is 3.89. The summed E-state index contributed by atoms with van der Waals surface area (Å²) in [4.78, 5) is 20.3. The Bertz CT molecular complexity index is 1060. The van der Waals surface area contributed by atoms with Crippen LogP contribution in [0.4, 0.5) is 24.8 Å². The van der Waals surface area contributed by atoms with E-state index < -0.39 is 16.7 Å². The van der Waals surface area contributed by atoms with Crippen LogP contribution in [-0.4, -0.2) is 43.7 Å². The lowest BCUT2D eigenvalue weighted by Gasteiger charge is -2.31. The molecule has 0 N–H and O–H groups in total. The molecule has 150 valence electrons. The van der Waals surface area contributed by atoms with Gasteiger partial charge < -0.3 is 4.90 Å². The highest BCUT2D eigenvalue weighted by Gasteiger charge is 2.34. The van der Waals surface area contributed by atoms with Gasteiger partial charge in [-0.3, -0.25) is 10.1 Å². The fourth-order valence-electron chi connectivity index (χ4n) is 3.08. The molecule has 1 aromatic carbocycles. The maximum absolute atomic E-state index is 14.2. The number of hydrogen-bond acceptors (Lipinski definition) is 6. The smallest absolute Gasteiger partial charge is 0.272 e.